The van der Waals surface area contributed by atoms with E-state index in [0.29, 0.717) is 0 Å². The molecule has 1 atom stereocenters. The summed E-state index contributed by atoms with van der Waals surface area (Å²) in [7, 11) is 0. The summed E-state index contributed by atoms with van der Waals surface area (Å²) in [6, 6.07) is 4.38. The van der Waals surface area contributed by atoms with Crippen molar-refractivity contribution >= 4 is 11.9 Å². The Bertz CT molecular complexity index is 619. The van der Waals surface area contributed by atoms with Gasteiger partial charge < -0.3 is 14.7 Å². The molecule has 1 fully saturated rings. The van der Waals surface area contributed by atoms with Crippen molar-refractivity contribution in [3.63, 3.8) is 0 Å². The molecule has 5 nitrogen and oxygen atoms in total. The van der Waals surface area contributed by atoms with Gasteiger partial charge in [-0.25, -0.2) is 9.18 Å². The molecule has 2 rings (SSSR count). The molecule has 1 unspecified atom stereocenters. The molecule has 0 spiro atoms. The highest BCUT2D eigenvalue weighted by atomic mass is 19.4. The number of rotatable bonds is 4. The minimum atomic E-state index is -4.63. The number of ether oxygens (including phenoxy) is 1. The van der Waals surface area contributed by atoms with Crippen LogP contribution in [0.5, 0.6) is 5.75 Å². The fourth-order valence-electron chi connectivity index (χ4n) is 2.22. The lowest BCUT2D eigenvalue weighted by Gasteiger charge is -2.19. The molecule has 0 aromatic heterocycles. The van der Waals surface area contributed by atoms with Crippen LogP contribution in [0.2, 0.25) is 0 Å². The molecule has 1 aliphatic rings. The van der Waals surface area contributed by atoms with E-state index in [1.807, 2.05) is 0 Å². The lowest BCUT2D eigenvalue weighted by molar-refractivity contribution is -0.150. The number of aliphatic carboxylic acids is 1. The molecule has 1 N–H and O–H groups in total. The summed E-state index contributed by atoms with van der Waals surface area (Å²) in [6.45, 7) is -1.51. The predicted octanol–water partition coefficient (Wildman–Crippen LogP) is 2.11. The molecule has 1 amide bonds. The number of nitrogens with zero attached hydrogens (tertiary/aromatic N) is 1. The van der Waals surface area contributed by atoms with E-state index in [-0.39, 0.29) is 13.0 Å². The third-order valence-electron chi connectivity index (χ3n) is 3.50. The summed E-state index contributed by atoms with van der Waals surface area (Å²) in [5.41, 5.74) is -3.56. The van der Waals surface area contributed by atoms with Gasteiger partial charge in [0, 0.05) is 13.0 Å². The van der Waals surface area contributed by atoms with Crippen molar-refractivity contribution in [3.05, 3.63) is 29.8 Å². The van der Waals surface area contributed by atoms with Crippen molar-refractivity contribution in [2.75, 3.05) is 19.7 Å². The fourth-order valence-corrected chi connectivity index (χ4v) is 2.22. The van der Waals surface area contributed by atoms with Crippen LogP contribution >= 0.6 is 0 Å². The Morgan fingerprint density at radius 2 is 1.96 bits per heavy atom. The van der Waals surface area contributed by atoms with Gasteiger partial charge in [0.2, 0.25) is 5.67 Å². The number of carboxylic acids is 1. The minimum absolute atomic E-state index is 0.133. The van der Waals surface area contributed by atoms with Crippen LogP contribution in [0.25, 0.3) is 0 Å². The molecular formula is C14H13F4NO4. The van der Waals surface area contributed by atoms with Crippen molar-refractivity contribution in [1.82, 2.24) is 4.90 Å². The summed E-state index contributed by atoms with van der Waals surface area (Å²) in [4.78, 5) is 23.5. The second kappa shape index (κ2) is 6.05. The van der Waals surface area contributed by atoms with E-state index >= 15 is 0 Å². The van der Waals surface area contributed by atoms with Crippen LogP contribution in [0.4, 0.5) is 17.6 Å². The van der Waals surface area contributed by atoms with Gasteiger partial charge in [-0.15, -0.1) is 0 Å². The zero-order valence-corrected chi connectivity index (χ0v) is 11.8. The van der Waals surface area contributed by atoms with E-state index in [4.69, 9.17) is 9.84 Å². The number of para-hydroxylation sites is 1. The highest BCUT2D eigenvalue weighted by Crippen LogP contribution is 2.36. The zero-order valence-electron chi connectivity index (χ0n) is 11.8. The van der Waals surface area contributed by atoms with Gasteiger partial charge in [-0.05, 0) is 12.1 Å². The molecule has 1 saturated heterocycles. The Morgan fingerprint density at radius 3 is 2.52 bits per heavy atom. The van der Waals surface area contributed by atoms with Gasteiger partial charge in [0.25, 0.3) is 5.91 Å². The van der Waals surface area contributed by atoms with Crippen molar-refractivity contribution in [2.45, 2.75) is 18.3 Å². The molecule has 126 valence electrons. The predicted molar refractivity (Wildman–Crippen MR) is 69.6 cm³/mol. The monoisotopic (exact) mass is 335 g/mol. The van der Waals surface area contributed by atoms with Crippen LogP contribution in [-0.4, -0.2) is 47.2 Å². The number of carbonyl (C=O) groups is 2. The maximum atomic E-state index is 13.8. The molecule has 0 radical (unpaired) electrons. The molecule has 0 saturated carbocycles. The Kier molecular flexibility index (Phi) is 4.49. The van der Waals surface area contributed by atoms with Crippen molar-refractivity contribution in [2.24, 2.45) is 0 Å². The van der Waals surface area contributed by atoms with Crippen LogP contribution in [0.15, 0.2) is 24.3 Å². The quantitative estimate of drug-likeness (QED) is 0.856. The first-order chi connectivity index (χ1) is 10.6. The van der Waals surface area contributed by atoms with Gasteiger partial charge in [-0.3, -0.25) is 4.79 Å². The molecule has 0 bridgehead atoms. The lowest BCUT2D eigenvalue weighted by Crippen LogP contribution is -2.40. The summed E-state index contributed by atoms with van der Waals surface area (Å²) in [5.74, 6) is -2.96. The first-order valence-electron chi connectivity index (χ1n) is 6.62. The lowest BCUT2D eigenvalue weighted by atomic mass is 10.1. The van der Waals surface area contributed by atoms with E-state index in [9.17, 15) is 27.2 Å². The summed E-state index contributed by atoms with van der Waals surface area (Å²) in [6.07, 6.45) is -5.00. The number of hydrogen-bond donors (Lipinski definition) is 1. The Balaban J connectivity index is 2.00. The van der Waals surface area contributed by atoms with E-state index in [1.54, 1.807) is 0 Å². The smallest absolute Gasteiger partial charge is 0.419 e. The minimum Gasteiger partial charge on any atom is -0.483 e. The first kappa shape index (κ1) is 17.0. The van der Waals surface area contributed by atoms with E-state index in [2.05, 4.69) is 0 Å². The Morgan fingerprint density at radius 1 is 1.30 bits per heavy atom. The fraction of sp³-hybridized carbons (Fsp3) is 0.429. The SMILES string of the molecule is O=C(COc1ccccc1C(F)(F)F)N1CCC(F)(C(=O)O)C1. The van der Waals surface area contributed by atoms with Gasteiger partial charge in [0.05, 0.1) is 12.1 Å². The third kappa shape index (κ3) is 3.72. The van der Waals surface area contributed by atoms with E-state index < -0.39 is 48.2 Å². The average molecular weight is 335 g/mol. The van der Waals surface area contributed by atoms with E-state index in [0.717, 1.165) is 17.0 Å². The van der Waals surface area contributed by atoms with Crippen molar-refractivity contribution in [3.8, 4) is 5.75 Å². The number of hydrogen-bond acceptors (Lipinski definition) is 3. The van der Waals surface area contributed by atoms with Gasteiger partial charge in [0.15, 0.2) is 6.61 Å². The van der Waals surface area contributed by atoms with Gasteiger partial charge in [0.1, 0.15) is 5.75 Å². The zero-order chi connectivity index (χ0) is 17.3. The molecule has 1 aromatic carbocycles. The number of carbonyl (C=O) groups excluding carboxylic acids is 1. The van der Waals surface area contributed by atoms with Gasteiger partial charge in [-0.1, -0.05) is 12.1 Å². The number of amides is 1. The average Bonchev–Trinajstić information content (AvgIpc) is 2.88. The highest BCUT2D eigenvalue weighted by Gasteiger charge is 2.47. The molecule has 1 aromatic rings. The maximum absolute atomic E-state index is 13.8. The Labute approximate surface area is 128 Å². The molecule has 23 heavy (non-hydrogen) atoms. The standard InChI is InChI=1S/C14H13F4NO4/c15-13(12(21)22)5-6-19(8-13)11(20)7-23-10-4-2-1-3-9(10)14(16,17)18/h1-4H,5-8H2,(H,21,22). The van der Waals surface area contributed by atoms with Crippen LogP contribution in [0.1, 0.15) is 12.0 Å². The molecule has 1 heterocycles. The second-order valence-corrected chi connectivity index (χ2v) is 5.12. The van der Waals surface area contributed by atoms with Gasteiger partial charge >= 0.3 is 12.1 Å². The summed E-state index contributed by atoms with van der Waals surface area (Å²) < 4.78 is 57.1. The van der Waals surface area contributed by atoms with Crippen molar-refractivity contribution in [1.29, 1.82) is 0 Å². The highest BCUT2D eigenvalue weighted by molar-refractivity contribution is 5.83. The van der Waals surface area contributed by atoms with Gasteiger partial charge in [-0.2, -0.15) is 13.2 Å². The normalized spacial score (nSPS) is 21.3. The number of alkyl halides is 4. The molecule has 1 aliphatic heterocycles. The van der Waals surface area contributed by atoms with Crippen LogP contribution < -0.4 is 4.74 Å². The molecule has 9 heteroatoms. The maximum Gasteiger partial charge on any atom is 0.419 e. The topological polar surface area (TPSA) is 66.8 Å². The molecule has 0 aliphatic carbocycles. The summed E-state index contributed by atoms with van der Waals surface area (Å²) >= 11 is 0. The summed E-state index contributed by atoms with van der Waals surface area (Å²) in [5, 5.41) is 8.74. The third-order valence-corrected chi connectivity index (χ3v) is 3.50. The number of halogens is 4. The first-order valence-corrected chi connectivity index (χ1v) is 6.62. The van der Waals surface area contributed by atoms with Crippen LogP contribution in [-0.2, 0) is 15.8 Å². The number of carboxylic acid groups (broad SMARTS) is 1. The Hall–Kier alpha value is -2.32. The second-order valence-electron chi connectivity index (χ2n) is 5.12. The van der Waals surface area contributed by atoms with E-state index in [1.165, 1.54) is 12.1 Å². The molecular weight excluding hydrogens is 322 g/mol. The number of benzene rings is 1. The van der Waals surface area contributed by atoms with Crippen molar-refractivity contribution < 1.29 is 37.0 Å². The van der Waals surface area contributed by atoms with Crippen LogP contribution in [0, 0.1) is 0 Å². The number of likely N-dealkylation sites (tertiary alicyclic amines) is 1. The largest absolute Gasteiger partial charge is 0.483 e. The van der Waals surface area contributed by atoms with Crippen LogP contribution in [0.3, 0.4) is 0 Å².